The van der Waals surface area contributed by atoms with E-state index in [2.05, 4.69) is 15.9 Å². The molecule has 3 rings (SSSR count). The fraction of sp³-hybridized carbons (Fsp3) is 0.0667. The number of fused-ring (bicyclic) bond motifs is 1. The Balaban J connectivity index is 1.94. The second-order valence-corrected chi connectivity index (χ2v) is 7.49. The van der Waals surface area contributed by atoms with Crippen LogP contribution in [0.15, 0.2) is 57.9 Å². The molecule has 0 N–H and O–H groups in total. The van der Waals surface area contributed by atoms with Gasteiger partial charge in [-0.3, -0.25) is 9.59 Å². The van der Waals surface area contributed by atoms with E-state index in [4.69, 9.17) is 0 Å². The average molecular weight is 380 g/mol. The van der Waals surface area contributed by atoms with Crippen molar-refractivity contribution in [2.75, 3.05) is 6.54 Å². The van der Waals surface area contributed by atoms with Crippen molar-refractivity contribution >= 4 is 37.6 Å². The maximum absolute atomic E-state index is 12.4. The molecule has 7 heteroatoms. The first-order valence-electron chi connectivity index (χ1n) is 6.36. The normalized spacial score (nSPS) is 15.7. The molecule has 5 nitrogen and oxygen atoms in total. The molecule has 0 saturated carbocycles. The summed E-state index contributed by atoms with van der Waals surface area (Å²) in [5.41, 5.74) is 0.442. The SMILES string of the molecule is O=C(CN1C(=O)c2ccccc2S1(=O)=O)c1cccc(Br)c1. The number of carbonyl (C=O) groups is 2. The van der Waals surface area contributed by atoms with Crippen molar-refractivity contribution in [1.82, 2.24) is 4.31 Å². The summed E-state index contributed by atoms with van der Waals surface area (Å²) >= 11 is 3.25. The zero-order valence-electron chi connectivity index (χ0n) is 11.2. The molecule has 0 unspecified atom stereocenters. The molecule has 1 aliphatic heterocycles. The molecule has 0 atom stereocenters. The second kappa shape index (κ2) is 5.33. The lowest BCUT2D eigenvalue weighted by atomic mass is 10.1. The maximum Gasteiger partial charge on any atom is 0.269 e. The van der Waals surface area contributed by atoms with Crippen molar-refractivity contribution in [2.45, 2.75) is 4.90 Å². The van der Waals surface area contributed by atoms with Gasteiger partial charge in [-0.15, -0.1) is 0 Å². The molecular formula is C15H10BrNO4S. The number of carbonyl (C=O) groups excluding carboxylic acids is 2. The highest BCUT2D eigenvalue weighted by Gasteiger charge is 2.41. The Morgan fingerprint density at radius 3 is 2.50 bits per heavy atom. The lowest BCUT2D eigenvalue weighted by molar-refractivity contribution is 0.0820. The van der Waals surface area contributed by atoms with Gasteiger partial charge in [-0.05, 0) is 24.3 Å². The van der Waals surface area contributed by atoms with Gasteiger partial charge in [-0.2, -0.15) is 0 Å². The van der Waals surface area contributed by atoms with E-state index in [1.54, 1.807) is 36.4 Å². The smallest absolute Gasteiger partial charge is 0.269 e. The van der Waals surface area contributed by atoms with Crippen LogP contribution in [0.25, 0.3) is 0 Å². The van der Waals surface area contributed by atoms with Gasteiger partial charge >= 0.3 is 0 Å². The minimum atomic E-state index is -3.96. The van der Waals surface area contributed by atoms with Crippen LogP contribution in [0.3, 0.4) is 0 Å². The lowest BCUT2D eigenvalue weighted by Crippen LogP contribution is -2.35. The van der Waals surface area contributed by atoms with Gasteiger partial charge in [0.1, 0.15) is 11.4 Å². The number of halogens is 1. The number of hydrogen-bond acceptors (Lipinski definition) is 4. The zero-order chi connectivity index (χ0) is 15.9. The highest BCUT2D eigenvalue weighted by molar-refractivity contribution is 9.10. The number of sulfonamides is 1. The van der Waals surface area contributed by atoms with Crippen LogP contribution in [0, 0.1) is 0 Å². The van der Waals surface area contributed by atoms with E-state index < -0.39 is 28.3 Å². The fourth-order valence-electron chi connectivity index (χ4n) is 2.27. The summed E-state index contributed by atoms with van der Waals surface area (Å²) in [4.78, 5) is 24.4. The summed E-state index contributed by atoms with van der Waals surface area (Å²) in [6.07, 6.45) is 0. The predicted molar refractivity (Wildman–Crippen MR) is 83.1 cm³/mol. The van der Waals surface area contributed by atoms with E-state index in [0.29, 0.717) is 14.3 Å². The van der Waals surface area contributed by atoms with Gasteiger partial charge in [0.05, 0.1) is 5.56 Å². The molecule has 2 aromatic rings. The van der Waals surface area contributed by atoms with Crippen molar-refractivity contribution in [3.63, 3.8) is 0 Å². The first-order valence-corrected chi connectivity index (χ1v) is 8.59. The van der Waals surface area contributed by atoms with Gasteiger partial charge in [0, 0.05) is 10.0 Å². The van der Waals surface area contributed by atoms with Crippen LogP contribution < -0.4 is 0 Å². The largest absolute Gasteiger partial charge is 0.292 e. The fourth-order valence-corrected chi connectivity index (χ4v) is 4.20. The van der Waals surface area contributed by atoms with Crippen molar-refractivity contribution < 1.29 is 18.0 Å². The number of hydrogen-bond donors (Lipinski definition) is 0. The van der Waals surface area contributed by atoms with E-state index in [1.165, 1.54) is 12.1 Å². The molecule has 22 heavy (non-hydrogen) atoms. The third kappa shape index (κ3) is 2.36. The molecule has 0 aliphatic carbocycles. The summed E-state index contributed by atoms with van der Waals surface area (Å²) < 4.78 is 26.1. The van der Waals surface area contributed by atoms with Crippen molar-refractivity contribution in [3.8, 4) is 0 Å². The van der Waals surface area contributed by atoms with Gasteiger partial charge in [-0.1, -0.05) is 40.2 Å². The summed E-state index contributed by atoms with van der Waals surface area (Å²) in [6, 6.07) is 12.5. The summed E-state index contributed by atoms with van der Waals surface area (Å²) in [5, 5.41) is 0. The molecule has 0 bridgehead atoms. The molecule has 0 spiro atoms. The lowest BCUT2D eigenvalue weighted by Gasteiger charge is -2.14. The molecule has 0 saturated heterocycles. The number of Topliss-reactive ketones (excluding diaryl/α,β-unsaturated/α-hetero) is 1. The standard InChI is InChI=1S/C15H10BrNO4S/c16-11-5-3-4-10(8-11)13(18)9-17-15(19)12-6-1-2-7-14(12)22(17,20)21/h1-8H,9H2. The van der Waals surface area contributed by atoms with Crippen LogP contribution >= 0.6 is 15.9 Å². The monoisotopic (exact) mass is 379 g/mol. The van der Waals surface area contributed by atoms with E-state index in [0.717, 1.165) is 0 Å². The number of benzene rings is 2. The number of nitrogens with zero attached hydrogens (tertiary/aromatic N) is 1. The summed E-state index contributed by atoms with van der Waals surface area (Å²) in [7, 11) is -3.96. The molecule has 112 valence electrons. The van der Waals surface area contributed by atoms with Crippen molar-refractivity contribution in [1.29, 1.82) is 0 Å². The summed E-state index contributed by atoms with van der Waals surface area (Å²) in [5.74, 6) is -1.11. The Morgan fingerprint density at radius 2 is 1.82 bits per heavy atom. The quantitative estimate of drug-likeness (QED) is 0.767. The average Bonchev–Trinajstić information content (AvgIpc) is 2.69. The summed E-state index contributed by atoms with van der Waals surface area (Å²) in [6.45, 7) is -0.508. The van der Waals surface area contributed by atoms with Crippen LogP contribution in [0.4, 0.5) is 0 Å². The minimum absolute atomic E-state index is 0.0537. The van der Waals surface area contributed by atoms with Crippen molar-refractivity contribution in [3.05, 3.63) is 64.1 Å². The highest BCUT2D eigenvalue weighted by Crippen LogP contribution is 2.30. The molecule has 0 fully saturated rings. The van der Waals surface area contributed by atoms with E-state index >= 15 is 0 Å². The van der Waals surface area contributed by atoms with E-state index in [-0.39, 0.29) is 10.5 Å². The molecule has 0 aromatic heterocycles. The molecule has 1 aliphatic rings. The van der Waals surface area contributed by atoms with Gasteiger partial charge in [-0.25, -0.2) is 12.7 Å². The van der Waals surface area contributed by atoms with E-state index in [1.807, 2.05) is 0 Å². The third-order valence-corrected chi connectivity index (χ3v) is 5.63. The van der Waals surface area contributed by atoms with Crippen LogP contribution in [-0.2, 0) is 10.0 Å². The Hall–Kier alpha value is -1.99. The van der Waals surface area contributed by atoms with E-state index in [9.17, 15) is 18.0 Å². The van der Waals surface area contributed by atoms with Gasteiger partial charge in [0.25, 0.3) is 15.9 Å². The van der Waals surface area contributed by atoms with Crippen LogP contribution in [0.1, 0.15) is 20.7 Å². The second-order valence-electron chi connectivity index (χ2n) is 4.75. The Morgan fingerprint density at radius 1 is 1.09 bits per heavy atom. The molecule has 1 heterocycles. The Bertz CT molecular complexity index is 892. The van der Waals surface area contributed by atoms with Gasteiger partial charge in [0.2, 0.25) is 0 Å². The van der Waals surface area contributed by atoms with Crippen molar-refractivity contribution in [2.24, 2.45) is 0 Å². The number of rotatable bonds is 3. The Labute approximate surface area is 135 Å². The third-order valence-electron chi connectivity index (χ3n) is 3.35. The van der Waals surface area contributed by atoms with Crippen LogP contribution in [0.2, 0.25) is 0 Å². The highest BCUT2D eigenvalue weighted by atomic mass is 79.9. The number of ketones is 1. The van der Waals surface area contributed by atoms with Crippen LogP contribution in [-0.4, -0.2) is 31.0 Å². The molecule has 1 amide bonds. The van der Waals surface area contributed by atoms with Gasteiger partial charge < -0.3 is 0 Å². The Kier molecular flexibility index (Phi) is 3.62. The molecule has 0 radical (unpaired) electrons. The first kappa shape index (κ1) is 14.9. The maximum atomic E-state index is 12.4. The van der Waals surface area contributed by atoms with Crippen LogP contribution in [0.5, 0.6) is 0 Å². The predicted octanol–water partition coefficient (Wildman–Crippen LogP) is 2.48. The number of amides is 1. The van der Waals surface area contributed by atoms with Gasteiger partial charge in [0.15, 0.2) is 5.78 Å². The minimum Gasteiger partial charge on any atom is -0.292 e. The molecular weight excluding hydrogens is 370 g/mol. The molecule has 2 aromatic carbocycles. The zero-order valence-corrected chi connectivity index (χ0v) is 13.6. The first-order chi connectivity index (χ1) is 10.4. The topological polar surface area (TPSA) is 71.5 Å².